The second-order valence-electron chi connectivity index (χ2n) is 6.93. The Kier molecular flexibility index (Phi) is 9.43. The third kappa shape index (κ3) is 7.07. The van der Waals surface area contributed by atoms with Gasteiger partial charge in [0.1, 0.15) is 5.75 Å². The summed E-state index contributed by atoms with van der Waals surface area (Å²) < 4.78 is 16.3. The van der Waals surface area contributed by atoms with E-state index in [1.807, 2.05) is 17.0 Å². The number of ether oxygens (including phenoxy) is 3. The molecule has 11 nitrogen and oxygen atoms in total. The molecule has 33 heavy (non-hydrogen) atoms. The molecule has 1 aliphatic rings. The summed E-state index contributed by atoms with van der Waals surface area (Å²) in [6.07, 6.45) is 3.29. The molecule has 1 amide bonds. The van der Waals surface area contributed by atoms with E-state index in [-0.39, 0.29) is 5.91 Å². The number of nitrogens with zero attached hydrogens (tertiary/aromatic N) is 3. The fraction of sp³-hybridized carbons (Fsp3) is 0.364. The summed E-state index contributed by atoms with van der Waals surface area (Å²) >= 11 is 0. The maximum Gasteiger partial charge on any atom is 0.414 e. The van der Waals surface area contributed by atoms with Crippen molar-refractivity contribution in [2.24, 2.45) is 0 Å². The first-order valence-corrected chi connectivity index (χ1v) is 9.97. The molecule has 1 fully saturated rings. The number of carboxylic acid groups (broad SMARTS) is 2. The molecule has 11 heteroatoms. The van der Waals surface area contributed by atoms with Crippen LogP contribution in [0.1, 0.15) is 15.9 Å². The first-order chi connectivity index (χ1) is 15.8. The number of benzene rings is 1. The van der Waals surface area contributed by atoms with Gasteiger partial charge >= 0.3 is 11.9 Å². The number of pyridine rings is 1. The summed E-state index contributed by atoms with van der Waals surface area (Å²) in [4.78, 5) is 38.9. The fourth-order valence-corrected chi connectivity index (χ4v) is 3.24. The molecule has 2 heterocycles. The van der Waals surface area contributed by atoms with Crippen molar-refractivity contribution in [1.29, 1.82) is 0 Å². The first kappa shape index (κ1) is 25.4. The predicted molar refractivity (Wildman–Crippen MR) is 117 cm³/mol. The Morgan fingerprint density at radius 2 is 1.36 bits per heavy atom. The van der Waals surface area contributed by atoms with E-state index >= 15 is 0 Å². The van der Waals surface area contributed by atoms with Crippen LogP contribution in [-0.2, 0) is 16.1 Å². The van der Waals surface area contributed by atoms with Crippen LogP contribution in [0, 0.1) is 0 Å². The average Bonchev–Trinajstić information content (AvgIpc) is 2.84. The van der Waals surface area contributed by atoms with Crippen molar-refractivity contribution in [3.8, 4) is 17.2 Å². The maximum absolute atomic E-state index is 12.5. The van der Waals surface area contributed by atoms with E-state index in [1.165, 1.54) is 0 Å². The zero-order valence-corrected chi connectivity index (χ0v) is 18.7. The zero-order chi connectivity index (χ0) is 24.4. The van der Waals surface area contributed by atoms with Gasteiger partial charge in [-0.15, -0.1) is 0 Å². The Hall–Kier alpha value is -3.86. The van der Waals surface area contributed by atoms with Crippen LogP contribution < -0.4 is 14.2 Å². The number of carbonyl (C=O) groups is 3. The standard InChI is InChI=1S/C20H25N3O4.C2H2O4/c1-25-17-13-19(27-3)18(26-2)12-16(17)14-22-8-10-23(11-9-22)20(24)15-4-6-21-7-5-15;3-1(4)2(5)6/h4-7,12-13H,8-11,14H2,1-3H3;(H,3,4)(H,5,6). The number of methoxy groups -OCH3 is 3. The van der Waals surface area contributed by atoms with E-state index in [1.54, 1.807) is 45.9 Å². The van der Waals surface area contributed by atoms with Gasteiger partial charge in [0.25, 0.3) is 5.91 Å². The molecule has 2 N–H and O–H groups in total. The van der Waals surface area contributed by atoms with Crippen molar-refractivity contribution in [2.45, 2.75) is 6.54 Å². The van der Waals surface area contributed by atoms with Gasteiger partial charge in [0.2, 0.25) is 0 Å². The number of amides is 1. The topological polar surface area (TPSA) is 139 Å². The molecule has 0 radical (unpaired) electrons. The highest BCUT2D eigenvalue weighted by atomic mass is 16.5. The Morgan fingerprint density at radius 3 is 1.85 bits per heavy atom. The molecule has 0 unspecified atom stereocenters. The predicted octanol–water partition coefficient (Wildman–Crippen LogP) is 1.22. The maximum atomic E-state index is 12.5. The second kappa shape index (κ2) is 12.2. The Labute approximate surface area is 191 Å². The van der Waals surface area contributed by atoms with E-state index in [0.717, 1.165) is 30.9 Å². The highest BCUT2D eigenvalue weighted by Gasteiger charge is 2.23. The molecule has 1 aromatic heterocycles. The number of carboxylic acids is 2. The molecule has 0 aliphatic carbocycles. The Balaban J connectivity index is 0.000000569. The number of piperazine rings is 1. The van der Waals surface area contributed by atoms with E-state index in [9.17, 15) is 4.79 Å². The zero-order valence-electron chi connectivity index (χ0n) is 18.7. The lowest BCUT2D eigenvalue weighted by molar-refractivity contribution is -0.159. The SMILES string of the molecule is COc1cc(OC)c(OC)cc1CN1CCN(C(=O)c2ccncc2)CC1.O=C(O)C(=O)O. The van der Waals surface area contributed by atoms with Gasteiger partial charge < -0.3 is 29.3 Å². The van der Waals surface area contributed by atoms with E-state index < -0.39 is 11.9 Å². The summed E-state index contributed by atoms with van der Waals surface area (Å²) in [7, 11) is 4.88. The minimum Gasteiger partial charge on any atom is -0.496 e. The third-order valence-corrected chi connectivity index (χ3v) is 4.95. The summed E-state index contributed by atoms with van der Waals surface area (Å²) in [5, 5.41) is 14.8. The largest absolute Gasteiger partial charge is 0.496 e. The minimum absolute atomic E-state index is 0.0562. The molecule has 178 valence electrons. The van der Waals surface area contributed by atoms with Crippen LogP contribution in [-0.4, -0.2) is 90.4 Å². The number of aliphatic carboxylic acids is 2. The van der Waals surface area contributed by atoms with Crippen molar-refractivity contribution in [3.63, 3.8) is 0 Å². The summed E-state index contributed by atoms with van der Waals surface area (Å²) in [5.41, 5.74) is 1.71. The molecule has 2 aromatic rings. The van der Waals surface area contributed by atoms with Crippen molar-refractivity contribution in [2.75, 3.05) is 47.5 Å². The first-order valence-electron chi connectivity index (χ1n) is 9.97. The van der Waals surface area contributed by atoms with Gasteiger partial charge in [-0.3, -0.25) is 14.7 Å². The van der Waals surface area contributed by atoms with Crippen LogP contribution in [0.25, 0.3) is 0 Å². The van der Waals surface area contributed by atoms with Gasteiger partial charge in [-0.25, -0.2) is 9.59 Å². The normalized spacial score (nSPS) is 13.4. The van der Waals surface area contributed by atoms with Crippen LogP contribution in [0.2, 0.25) is 0 Å². The van der Waals surface area contributed by atoms with Crippen LogP contribution >= 0.6 is 0 Å². The molecule has 0 atom stereocenters. The number of rotatable bonds is 6. The van der Waals surface area contributed by atoms with Crippen LogP contribution in [0.4, 0.5) is 0 Å². The van der Waals surface area contributed by atoms with Crippen LogP contribution in [0.3, 0.4) is 0 Å². The number of aromatic nitrogens is 1. The van der Waals surface area contributed by atoms with Gasteiger partial charge in [-0.1, -0.05) is 0 Å². The second-order valence-corrected chi connectivity index (χ2v) is 6.93. The van der Waals surface area contributed by atoms with Gasteiger partial charge in [0, 0.05) is 62.3 Å². The molecule has 1 aliphatic heterocycles. The highest BCUT2D eigenvalue weighted by Crippen LogP contribution is 2.35. The van der Waals surface area contributed by atoms with Gasteiger partial charge in [0.15, 0.2) is 11.5 Å². The van der Waals surface area contributed by atoms with Gasteiger partial charge in [-0.2, -0.15) is 0 Å². The number of carbonyl (C=O) groups excluding carboxylic acids is 1. The van der Waals surface area contributed by atoms with Crippen LogP contribution in [0.15, 0.2) is 36.7 Å². The molecule has 3 rings (SSSR count). The van der Waals surface area contributed by atoms with Crippen molar-refractivity contribution >= 4 is 17.8 Å². The van der Waals surface area contributed by atoms with Gasteiger partial charge in [0.05, 0.1) is 21.3 Å². The Bertz CT molecular complexity index is 948. The molecule has 0 spiro atoms. The number of hydrogen-bond acceptors (Lipinski definition) is 8. The summed E-state index contributed by atoms with van der Waals surface area (Å²) in [6, 6.07) is 7.30. The average molecular weight is 461 g/mol. The number of hydrogen-bond donors (Lipinski definition) is 2. The minimum atomic E-state index is -1.82. The molecule has 1 saturated heterocycles. The summed E-state index contributed by atoms with van der Waals surface area (Å²) in [6.45, 7) is 3.71. The quantitative estimate of drug-likeness (QED) is 0.604. The van der Waals surface area contributed by atoms with Crippen molar-refractivity contribution in [3.05, 3.63) is 47.8 Å². The Morgan fingerprint density at radius 1 is 0.848 bits per heavy atom. The van der Waals surface area contributed by atoms with Gasteiger partial charge in [-0.05, 0) is 18.2 Å². The molecular weight excluding hydrogens is 434 g/mol. The highest BCUT2D eigenvalue weighted by molar-refractivity contribution is 6.27. The van der Waals surface area contributed by atoms with E-state index in [0.29, 0.717) is 30.2 Å². The van der Waals surface area contributed by atoms with E-state index in [4.69, 9.17) is 34.0 Å². The van der Waals surface area contributed by atoms with Crippen LogP contribution in [0.5, 0.6) is 17.2 Å². The molecule has 1 aromatic carbocycles. The lowest BCUT2D eigenvalue weighted by Gasteiger charge is -2.35. The van der Waals surface area contributed by atoms with Crippen molar-refractivity contribution < 1.29 is 38.8 Å². The smallest absolute Gasteiger partial charge is 0.414 e. The lowest BCUT2D eigenvalue weighted by Crippen LogP contribution is -2.48. The van der Waals surface area contributed by atoms with E-state index in [2.05, 4.69) is 9.88 Å². The molecule has 0 bridgehead atoms. The van der Waals surface area contributed by atoms with Crippen molar-refractivity contribution in [1.82, 2.24) is 14.8 Å². The third-order valence-electron chi connectivity index (χ3n) is 4.95. The summed E-state index contributed by atoms with van der Waals surface area (Å²) in [5.74, 6) is -1.50. The lowest BCUT2D eigenvalue weighted by atomic mass is 10.1. The monoisotopic (exact) mass is 461 g/mol. The molecule has 0 saturated carbocycles. The fourth-order valence-electron chi connectivity index (χ4n) is 3.24. The molecular formula is C22H27N3O8.